The van der Waals surface area contributed by atoms with E-state index in [0.717, 1.165) is 19.7 Å². The summed E-state index contributed by atoms with van der Waals surface area (Å²) < 4.78 is 5.52. The van der Waals surface area contributed by atoms with Crippen molar-refractivity contribution in [1.82, 2.24) is 10.2 Å². The molecule has 2 unspecified atom stereocenters. The lowest BCUT2D eigenvalue weighted by Gasteiger charge is -2.38. The Hall–Kier alpha value is -0.900. The number of hydrogen-bond acceptors (Lipinski definition) is 3. The van der Waals surface area contributed by atoms with E-state index < -0.39 is 0 Å². The maximum absolute atomic E-state index is 5.52. The number of methoxy groups -OCH3 is 1. The molecule has 2 rings (SSSR count). The van der Waals surface area contributed by atoms with Crippen molar-refractivity contribution in [2.24, 2.45) is 0 Å². The first-order valence-electron chi connectivity index (χ1n) is 8.25. The molecule has 3 heteroatoms. The van der Waals surface area contributed by atoms with Gasteiger partial charge in [0, 0.05) is 25.7 Å². The molecule has 0 aromatic heterocycles. The van der Waals surface area contributed by atoms with Gasteiger partial charge in [-0.15, -0.1) is 0 Å². The first-order chi connectivity index (χ1) is 10.2. The van der Waals surface area contributed by atoms with Gasteiger partial charge in [0.15, 0.2) is 0 Å². The lowest BCUT2D eigenvalue weighted by atomic mass is 10.00. The Morgan fingerprint density at radius 2 is 2.00 bits per heavy atom. The van der Waals surface area contributed by atoms with Gasteiger partial charge in [-0.25, -0.2) is 0 Å². The number of ether oxygens (including phenoxy) is 1. The molecule has 1 N–H and O–H groups in total. The number of nitrogens with one attached hydrogen (secondary N) is 1. The van der Waals surface area contributed by atoms with Crippen molar-refractivity contribution >= 4 is 0 Å². The second-order valence-electron chi connectivity index (χ2n) is 6.32. The molecule has 0 bridgehead atoms. The minimum absolute atomic E-state index is 0.333. The number of rotatable bonds is 7. The van der Waals surface area contributed by atoms with Crippen LogP contribution in [0.3, 0.4) is 0 Å². The molecule has 118 valence electrons. The Morgan fingerprint density at radius 1 is 1.24 bits per heavy atom. The molecule has 1 aromatic rings. The van der Waals surface area contributed by atoms with Crippen molar-refractivity contribution in [2.75, 3.05) is 26.8 Å². The number of nitrogens with zero attached hydrogens (tertiary/aromatic N) is 1. The Labute approximate surface area is 129 Å². The zero-order chi connectivity index (χ0) is 15.1. The molecule has 0 spiro atoms. The van der Waals surface area contributed by atoms with Crippen molar-refractivity contribution in [3.8, 4) is 0 Å². The highest BCUT2D eigenvalue weighted by atomic mass is 16.5. The van der Waals surface area contributed by atoms with Crippen molar-refractivity contribution in [2.45, 2.75) is 51.2 Å². The molecule has 2 atom stereocenters. The van der Waals surface area contributed by atoms with Crippen molar-refractivity contribution in [1.29, 1.82) is 0 Å². The minimum atomic E-state index is 0.333. The van der Waals surface area contributed by atoms with Gasteiger partial charge in [0.25, 0.3) is 0 Å². The Bertz CT molecular complexity index is 387. The second-order valence-corrected chi connectivity index (χ2v) is 6.32. The molecule has 3 nitrogen and oxygen atoms in total. The topological polar surface area (TPSA) is 24.5 Å². The van der Waals surface area contributed by atoms with Crippen LogP contribution >= 0.6 is 0 Å². The molecule has 0 aliphatic carbocycles. The predicted octanol–water partition coefficient (Wildman–Crippen LogP) is 3.23. The summed E-state index contributed by atoms with van der Waals surface area (Å²) in [6, 6.07) is 12.2. The summed E-state index contributed by atoms with van der Waals surface area (Å²) in [4.78, 5) is 2.59. The normalized spacial score (nSPS) is 20.9. The zero-order valence-electron chi connectivity index (χ0n) is 13.7. The zero-order valence-corrected chi connectivity index (χ0v) is 13.7. The van der Waals surface area contributed by atoms with E-state index in [2.05, 4.69) is 54.4 Å². The third-order valence-corrected chi connectivity index (χ3v) is 4.42. The van der Waals surface area contributed by atoms with Gasteiger partial charge in [-0.3, -0.25) is 4.90 Å². The summed E-state index contributed by atoms with van der Waals surface area (Å²) in [5, 5.41) is 3.67. The maximum atomic E-state index is 5.52. The fourth-order valence-electron chi connectivity index (χ4n) is 3.25. The Morgan fingerprint density at radius 3 is 2.57 bits per heavy atom. The number of hydrogen-bond donors (Lipinski definition) is 1. The SMILES string of the molecule is COCC(c1ccccc1)N(CC1CCCCN1)C(C)C. The lowest BCUT2D eigenvalue weighted by molar-refractivity contribution is 0.0593. The van der Waals surface area contributed by atoms with Gasteiger partial charge in [-0.2, -0.15) is 0 Å². The molecular weight excluding hydrogens is 260 g/mol. The molecule has 21 heavy (non-hydrogen) atoms. The number of piperidine rings is 1. The molecule has 0 radical (unpaired) electrons. The van der Waals surface area contributed by atoms with Crippen LogP contribution in [0, 0.1) is 0 Å². The summed E-state index contributed by atoms with van der Waals surface area (Å²) in [5.74, 6) is 0. The van der Waals surface area contributed by atoms with Gasteiger partial charge in [0.05, 0.1) is 12.6 Å². The highest BCUT2D eigenvalue weighted by molar-refractivity contribution is 5.19. The molecule has 1 aliphatic rings. The average molecular weight is 290 g/mol. The first-order valence-corrected chi connectivity index (χ1v) is 8.25. The second kappa shape index (κ2) is 8.52. The summed E-state index contributed by atoms with van der Waals surface area (Å²) in [7, 11) is 1.80. The minimum Gasteiger partial charge on any atom is -0.383 e. The van der Waals surface area contributed by atoms with Crippen LogP contribution in [0.4, 0.5) is 0 Å². The van der Waals surface area contributed by atoms with Crippen LogP contribution in [0.5, 0.6) is 0 Å². The van der Waals surface area contributed by atoms with Crippen LogP contribution in [0.25, 0.3) is 0 Å². The Balaban J connectivity index is 2.12. The largest absolute Gasteiger partial charge is 0.383 e. The van der Waals surface area contributed by atoms with Crippen LogP contribution in [-0.2, 0) is 4.74 Å². The van der Waals surface area contributed by atoms with E-state index >= 15 is 0 Å². The molecule has 1 saturated heterocycles. The molecular formula is C18H30N2O. The summed E-state index contributed by atoms with van der Waals surface area (Å²) >= 11 is 0. The van der Waals surface area contributed by atoms with Crippen molar-refractivity contribution in [3.05, 3.63) is 35.9 Å². The third kappa shape index (κ3) is 4.80. The van der Waals surface area contributed by atoms with Gasteiger partial charge >= 0.3 is 0 Å². The predicted molar refractivity (Wildman–Crippen MR) is 88.5 cm³/mol. The Kier molecular flexibility index (Phi) is 6.68. The molecule has 1 aromatic carbocycles. The van der Waals surface area contributed by atoms with Gasteiger partial charge in [-0.1, -0.05) is 36.8 Å². The first kappa shape index (κ1) is 16.5. The van der Waals surface area contributed by atoms with Crippen LogP contribution < -0.4 is 5.32 Å². The summed E-state index contributed by atoms with van der Waals surface area (Å²) in [6.07, 6.45) is 3.96. The molecule has 1 heterocycles. The van der Waals surface area contributed by atoms with Crippen LogP contribution in [0.1, 0.15) is 44.7 Å². The van der Waals surface area contributed by atoms with Gasteiger partial charge in [-0.05, 0) is 38.8 Å². The maximum Gasteiger partial charge on any atom is 0.0659 e. The smallest absolute Gasteiger partial charge is 0.0659 e. The van der Waals surface area contributed by atoms with Crippen molar-refractivity contribution < 1.29 is 4.74 Å². The summed E-state index contributed by atoms with van der Waals surface area (Å²) in [5.41, 5.74) is 1.35. The number of benzene rings is 1. The van der Waals surface area contributed by atoms with E-state index in [1.165, 1.54) is 24.8 Å². The van der Waals surface area contributed by atoms with Crippen LogP contribution in [0.2, 0.25) is 0 Å². The van der Waals surface area contributed by atoms with E-state index in [-0.39, 0.29) is 0 Å². The fraction of sp³-hybridized carbons (Fsp3) is 0.667. The lowest BCUT2D eigenvalue weighted by Crippen LogP contribution is -2.48. The molecule has 0 saturated carbocycles. The van der Waals surface area contributed by atoms with Gasteiger partial charge < -0.3 is 10.1 Å². The monoisotopic (exact) mass is 290 g/mol. The van der Waals surface area contributed by atoms with E-state index in [1.807, 2.05) is 0 Å². The van der Waals surface area contributed by atoms with Crippen LogP contribution in [-0.4, -0.2) is 43.8 Å². The highest BCUT2D eigenvalue weighted by Crippen LogP contribution is 2.24. The van der Waals surface area contributed by atoms with E-state index in [1.54, 1.807) is 7.11 Å². The average Bonchev–Trinajstić information content (AvgIpc) is 2.52. The quantitative estimate of drug-likeness (QED) is 0.834. The third-order valence-electron chi connectivity index (χ3n) is 4.42. The van der Waals surface area contributed by atoms with Gasteiger partial charge in [0.1, 0.15) is 0 Å². The fourth-order valence-corrected chi connectivity index (χ4v) is 3.25. The van der Waals surface area contributed by atoms with Crippen molar-refractivity contribution in [3.63, 3.8) is 0 Å². The van der Waals surface area contributed by atoms with E-state index in [9.17, 15) is 0 Å². The van der Waals surface area contributed by atoms with E-state index in [0.29, 0.717) is 18.1 Å². The van der Waals surface area contributed by atoms with Crippen LogP contribution in [0.15, 0.2) is 30.3 Å². The van der Waals surface area contributed by atoms with Gasteiger partial charge in [0.2, 0.25) is 0 Å². The highest BCUT2D eigenvalue weighted by Gasteiger charge is 2.26. The standard InChI is InChI=1S/C18H30N2O/c1-15(2)20(13-17-11-7-8-12-19-17)18(14-21-3)16-9-5-4-6-10-16/h4-6,9-10,15,17-19H,7-8,11-14H2,1-3H3. The summed E-state index contributed by atoms with van der Waals surface area (Å²) in [6.45, 7) is 7.58. The molecule has 1 aliphatic heterocycles. The van der Waals surface area contributed by atoms with E-state index in [4.69, 9.17) is 4.74 Å². The molecule has 1 fully saturated rings. The molecule has 0 amide bonds.